The molecule has 1 fully saturated rings. The summed E-state index contributed by atoms with van der Waals surface area (Å²) in [6.45, 7) is 6.58. The van der Waals surface area contributed by atoms with Gasteiger partial charge in [0.05, 0.1) is 37.2 Å². The van der Waals surface area contributed by atoms with Crippen LogP contribution in [0.4, 0.5) is 8.78 Å². The highest BCUT2D eigenvalue weighted by atomic mass is 19.1. The highest BCUT2D eigenvalue weighted by Gasteiger charge is 2.19. The molecule has 5 rings (SSSR count). The molecule has 11 heteroatoms. The SMILES string of the molecule is Cc1ccc(=N)n(C(=N)Cc2c(F)cc3ncc(-c4cnn(CCN5CCOCC5)c4)cc3c2F)n1. The predicted octanol–water partition coefficient (Wildman–Crippen LogP) is 2.76. The number of hydrogen-bond donors (Lipinski definition) is 2. The molecule has 0 spiro atoms. The minimum absolute atomic E-state index is 0.0400. The topological polar surface area (TPSA) is 109 Å². The predicted molar refractivity (Wildman–Crippen MR) is 130 cm³/mol. The van der Waals surface area contributed by atoms with Crippen molar-refractivity contribution < 1.29 is 13.5 Å². The monoisotopic (exact) mass is 492 g/mol. The van der Waals surface area contributed by atoms with Crippen LogP contribution < -0.4 is 5.49 Å². The molecule has 1 saturated heterocycles. The first-order valence-electron chi connectivity index (χ1n) is 11.7. The molecule has 186 valence electrons. The van der Waals surface area contributed by atoms with Crippen molar-refractivity contribution >= 4 is 16.7 Å². The molecule has 1 aliphatic heterocycles. The van der Waals surface area contributed by atoms with E-state index in [9.17, 15) is 4.39 Å². The first kappa shape index (κ1) is 23.9. The Balaban J connectivity index is 1.40. The van der Waals surface area contributed by atoms with Gasteiger partial charge in [0.1, 0.15) is 23.0 Å². The number of nitrogens with zero attached hydrogens (tertiary/aromatic N) is 6. The van der Waals surface area contributed by atoms with Gasteiger partial charge in [-0.25, -0.2) is 13.5 Å². The average Bonchev–Trinajstić information content (AvgIpc) is 3.36. The van der Waals surface area contributed by atoms with Gasteiger partial charge in [-0.3, -0.25) is 25.4 Å². The van der Waals surface area contributed by atoms with Crippen LogP contribution in [0.5, 0.6) is 0 Å². The fraction of sp³-hybridized carbons (Fsp3) is 0.320. The Labute approximate surface area is 206 Å². The maximum absolute atomic E-state index is 15.5. The van der Waals surface area contributed by atoms with Gasteiger partial charge in [0, 0.05) is 66.6 Å². The summed E-state index contributed by atoms with van der Waals surface area (Å²) in [7, 11) is 0. The molecule has 36 heavy (non-hydrogen) atoms. The Kier molecular flexibility index (Phi) is 6.66. The van der Waals surface area contributed by atoms with Crippen LogP contribution in [0.25, 0.3) is 22.0 Å². The molecular weight excluding hydrogens is 466 g/mol. The number of nitrogens with one attached hydrogen (secondary N) is 2. The zero-order valence-electron chi connectivity index (χ0n) is 19.8. The Bertz CT molecular complexity index is 1490. The maximum atomic E-state index is 15.5. The fourth-order valence-electron chi connectivity index (χ4n) is 4.23. The van der Waals surface area contributed by atoms with Crippen molar-refractivity contribution in [3.63, 3.8) is 0 Å². The number of morpholine rings is 1. The molecule has 0 unspecified atom stereocenters. The van der Waals surface area contributed by atoms with Gasteiger partial charge in [0.15, 0.2) is 0 Å². The van der Waals surface area contributed by atoms with Crippen LogP contribution in [0.15, 0.2) is 42.9 Å². The number of hydrogen-bond acceptors (Lipinski definition) is 7. The zero-order chi connectivity index (χ0) is 25.2. The number of fused-ring (bicyclic) bond motifs is 1. The number of rotatable bonds is 6. The Morgan fingerprint density at radius 2 is 1.89 bits per heavy atom. The number of aromatic nitrogens is 5. The Hall–Kier alpha value is -3.83. The minimum atomic E-state index is -0.791. The maximum Gasteiger partial charge on any atom is 0.148 e. The molecule has 2 N–H and O–H groups in total. The molecule has 0 saturated carbocycles. The summed E-state index contributed by atoms with van der Waals surface area (Å²) in [4.78, 5) is 6.59. The Morgan fingerprint density at radius 1 is 1.08 bits per heavy atom. The van der Waals surface area contributed by atoms with Crippen LogP contribution in [0.1, 0.15) is 11.3 Å². The summed E-state index contributed by atoms with van der Waals surface area (Å²) < 4.78 is 38.6. The lowest BCUT2D eigenvalue weighted by Crippen LogP contribution is -2.38. The van der Waals surface area contributed by atoms with Crippen molar-refractivity contribution in [3.05, 3.63) is 71.2 Å². The van der Waals surface area contributed by atoms with Gasteiger partial charge in [-0.1, -0.05) is 0 Å². The zero-order valence-corrected chi connectivity index (χ0v) is 19.8. The van der Waals surface area contributed by atoms with Crippen molar-refractivity contribution in [1.82, 2.24) is 29.4 Å². The second-order valence-electron chi connectivity index (χ2n) is 8.78. The van der Waals surface area contributed by atoms with Gasteiger partial charge < -0.3 is 4.74 Å². The molecule has 4 aromatic rings. The van der Waals surface area contributed by atoms with Gasteiger partial charge in [-0.2, -0.15) is 10.2 Å². The minimum Gasteiger partial charge on any atom is -0.379 e. The number of pyridine rings is 1. The van der Waals surface area contributed by atoms with E-state index in [1.165, 1.54) is 12.1 Å². The van der Waals surface area contributed by atoms with E-state index in [4.69, 9.17) is 15.6 Å². The molecule has 0 aliphatic carbocycles. The summed E-state index contributed by atoms with van der Waals surface area (Å²) in [6.07, 6.45) is 4.81. The summed E-state index contributed by atoms with van der Waals surface area (Å²) in [5.74, 6) is -1.77. The standard InChI is InChI=1S/C25H26F2N8O/c1-16-2-3-23(28)35(32-16)24(29)11-19-21(26)12-22-20(25(19)27)10-17(13-30-22)18-14-31-34(15-18)5-4-33-6-8-36-9-7-33/h2-3,10,12-15,28-29H,4-9,11H2,1H3. The van der Waals surface area contributed by atoms with Gasteiger partial charge in [-0.05, 0) is 25.1 Å². The second kappa shape index (κ2) is 10.0. The van der Waals surface area contributed by atoms with Crippen LogP contribution in [-0.4, -0.2) is 68.1 Å². The summed E-state index contributed by atoms with van der Waals surface area (Å²) in [5.41, 5.74) is 1.92. The van der Waals surface area contributed by atoms with Gasteiger partial charge in [0.2, 0.25) is 0 Å². The molecule has 0 atom stereocenters. The van der Waals surface area contributed by atoms with Crippen LogP contribution in [0, 0.1) is 29.4 Å². The van der Waals surface area contributed by atoms with E-state index in [2.05, 4.69) is 20.1 Å². The van der Waals surface area contributed by atoms with Crippen LogP contribution >= 0.6 is 0 Å². The number of ether oxygens (including phenoxy) is 1. The molecular formula is C25H26F2N8O. The smallest absolute Gasteiger partial charge is 0.148 e. The van der Waals surface area contributed by atoms with E-state index < -0.39 is 11.6 Å². The first-order valence-corrected chi connectivity index (χ1v) is 11.7. The van der Waals surface area contributed by atoms with E-state index in [0.29, 0.717) is 11.3 Å². The lowest BCUT2D eigenvalue weighted by atomic mass is 10.0. The summed E-state index contributed by atoms with van der Waals surface area (Å²) in [6, 6.07) is 5.93. The van der Waals surface area contributed by atoms with E-state index in [1.807, 2.05) is 10.9 Å². The third-order valence-corrected chi connectivity index (χ3v) is 6.26. The van der Waals surface area contributed by atoms with Crippen molar-refractivity contribution in [2.45, 2.75) is 19.9 Å². The quantitative estimate of drug-likeness (QED) is 0.318. The number of halogens is 2. The van der Waals surface area contributed by atoms with Crippen molar-refractivity contribution in [3.8, 4) is 11.1 Å². The fourth-order valence-corrected chi connectivity index (χ4v) is 4.23. The van der Waals surface area contributed by atoms with Gasteiger partial charge >= 0.3 is 0 Å². The Morgan fingerprint density at radius 3 is 2.69 bits per heavy atom. The van der Waals surface area contributed by atoms with Crippen LogP contribution in [-0.2, 0) is 17.7 Å². The molecule has 3 aromatic heterocycles. The normalized spacial score (nSPS) is 14.4. The van der Waals surface area contributed by atoms with Crippen molar-refractivity contribution in [2.24, 2.45) is 0 Å². The third kappa shape index (κ3) is 4.93. The highest BCUT2D eigenvalue weighted by Crippen LogP contribution is 2.28. The molecule has 0 amide bonds. The van der Waals surface area contributed by atoms with Crippen LogP contribution in [0.2, 0.25) is 0 Å². The van der Waals surface area contributed by atoms with E-state index in [1.54, 1.807) is 31.5 Å². The summed E-state index contributed by atoms with van der Waals surface area (Å²) >= 11 is 0. The molecule has 4 heterocycles. The summed E-state index contributed by atoms with van der Waals surface area (Å²) in [5, 5.41) is 25.0. The van der Waals surface area contributed by atoms with Crippen molar-refractivity contribution in [1.29, 1.82) is 10.8 Å². The molecule has 0 bridgehead atoms. The average molecular weight is 493 g/mol. The molecule has 9 nitrogen and oxygen atoms in total. The largest absolute Gasteiger partial charge is 0.379 e. The molecule has 0 radical (unpaired) electrons. The lowest BCUT2D eigenvalue weighted by Gasteiger charge is -2.26. The van der Waals surface area contributed by atoms with Crippen molar-refractivity contribution in [2.75, 3.05) is 32.8 Å². The lowest BCUT2D eigenvalue weighted by molar-refractivity contribution is 0.0360. The van der Waals surface area contributed by atoms with Crippen LogP contribution in [0.3, 0.4) is 0 Å². The number of aryl methyl sites for hydroxylation is 1. The molecule has 1 aromatic carbocycles. The third-order valence-electron chi connectivity index (χ3n) is 6.26. The number of benzene rings is 1. The van der Waals surface area contributed by atoms with Gasteiger partial charge in [0.25, 0.3) is 0 Å². The van der Waals surface area contributed by atoms with E-state index in [-0.39, 0.29) is 34.2 Å². The molecule has 1 aliphatic rings. The highest BCUT2D eigenvalue weighted by molar-refractivity contribution is 5.88. The van der Waals surface area contributed by atoms with E-state index >= 15 is 4.39 Å². The second-order valence-corrected chi connectivity index (χ2v) is 8.78. The van der Waals surface area contributed by atoms with Gasteiger partial charge in [-0.15, -0.1) is 0 Å². The van der Waals surface area contributed by atoms with E-state index in [0.717, 1.165) is 49.6 Å². The first-order chi connectivity index (χ1) is 17.4.